The summed E-state index contributed by atoms with van der Waals surface area (Å²) in [4.78, 5) is 6.55. The van der Waals surface area contributed by atoms with Gasteiger partial charge < -0.3 is 5.32 Å². The number of fused-ring (bicyclic) bond motifs is 1. The lowest BCUT2D eigenvalue weighted by molar-refractivity contribution is 0.192. The summed E-state index contributed by atoms with van der Waals surface area (Å²) in [5.74, 6) is -0.0337. The molecule has 98 valence electrons. The van der Waals surface area contributed by atoms with E-state index in [2.05, 4.69) is 15.2 Å². The van der Waals surface area contributed by atoms with Gasteiger partial charge in [-0.15, -0.1) is 0 Å². The van der Waals surface area contributed by atoms with Gasteiger partial charge in [0.2, 0.25) is 0 Å². The normalized spacial score (nSPS) is 28.1. The topological polar surface area (TPSA) is 28.2 Å². The van der Waals surface area contributed by atoms with Gasteiger partial charge in [-0.1, -0.05) is 18.0 Å². The van der Waals surface area contributed by atoms with Gasteiger partial charge in [0.1, 0.15) is 0 Å². The van der Waals surface area contributed by atoms with Crippen molar-refractivity contribution in [3.63, 3.8) is 0 Å². The van der Waals surface area contributed by atoms with Gasteiger partial charge in [-0.05, 0) is 31.9 Å². The van der Waals surface area contributed by atoms with Gasteiger partial charge in [0.25, 0.3) is 0 Å². The minimum absolute atomic E-state index is 0.313. The van der Waals surface area contributed by atoms with Gasteiger partial charge in [0, 0.05) is 24.8 Å². The molecular formula is C13H17ClFN3. The zero-order valence-electron chi connectivity index (χ0n) is 10.2. The van der Waals surface area contributed by atoms with Crippen LogP contribution >= 0.6 is 11.6 Å². The number of anilines is 1. The molecule has 1 aromatic rings. The Morgan fingerprint density at radius 3 is 3.06 bits per heavy atom. The first-order valence-corrected chi connectivity index (χ1v) is 6.93. The van der Waals surface area contributed by atoms with Gasteiger partial charge in [-0.25, -0.2) is 9.37 Å². The van der Waals surface area contributed by atoms with Crippen LogP contribution < -0.4 is 5.32 Å². The van der Waals surface area contributed by atoms with Crippen molar-refractivity contribution >= 4 is 17.4 Å². The van der Waals surface area contributed by atoms with E-state index in [1.165, 1.54) is 38.1 Å². The first-order chi connectivity index (χ1) is 8.74. The highest BCUT2D eigenvalue weighted by atomic mass is 35.5. The van der Waals surface area contributed by atoms with Crippen LogP contribution in [0.2, 0.25) is 5.02 Å². The fraction of sp³-hybridized carbons (Fsp3) is 0.615. The Labute approximate surface area is 111 Å². The summed E-state index contributed by atoms with van der Waals surface area (Å²) in [5, 5.41) is 3.59. The van der Waals surface area contributed by atoms with Crippen LogP contribution in [-0.4, -0.2) is 35.1 Å². The number of halogens is 2. The van der Waals surface area contributed by atoms with E-state index in [0.29, 0.717) is 22.9 Å². The van der Waals surface area contributed by atoms with Crippen molar-refractivity contribution in [1.29, 1.82) is 0 Å². The first kappa shape index (κ1) is 12.2. The Kier molecular flexibility index (Phi) is 3.39. The average Bonchev–Trinajstić information content (AvgIpc) is 2.76. The highest BCUT2D eigenvalue weighted by Gasteiger charge is 2.35. The Hall–Kier alpha value is -0.870. The smallest absolute Gasteiger partial charge is 0.166 e. The molecule has 2 aliphatic rings. The van der Waals surface area contributed by atoms with Crippen molar-refractivity contribution < 1.29 is 4.39 Å². The summed E-state index contributed by atoms with van der Waals surface area (Å²) in [7, 11) is 0. The predicted octanol–water partition coefficient (Wildman–Crippen LogP) is 2.91. The van der Waals surface area contributed by atoms with Crippen molar-refractivity contribution in [3.05, 3.63) is 23.1 Å². The molecule has 1 aromatic heterocycles. The second kappa shape index (κ2) is 5.02. The van der Waals surface area contributed by atoms with Crippen molar-refractivity contribution in [2.75, 3.05) is 18.4 Å². The highest BCUT2D eigenvalue weighted by Crippen LogP contribution is 2.29. The number of pyridine rings is 1. The second-order valence-electron chi connectivity index (χ2n) is 5.12. The molecule has 2 atom stereocenters. The number of nitrogens with one attached hydrogen (secondary N) is 1. The van der Waals surface area contributed by atoms with Crippen LogP contribution in [0.15, 0.2) is 12.3 Å². The van der Waals surface area contributed by atoms with E-state index in [-0.39, 0.29) is 5.82 Å². The number of aromatic nitrogens is 1. The third kappa shape index (κ3) is 2.31. The molecule has 0 saturated carbocycles. The predicted molar refractivity (Wildman–Crippen MR) is 70.4 cm³/mol. The maximum atomic E-state index is 13.7. The van der Waals surface area contributed by atoms with Crippen LogP contribution in [0.3, 0.4) is 0 Å². The van der Waals surface area contributed by atoms with Gasteiger partial charge in [0.15, 0.2) is 11.6 Å². The molecule has 3 rings (SSSR count). The molecule has 0 aliphatic carbocycles. The van der Waals surface area contributed by atoms with E-state index in [9.17, 15) is 4.39 Å². The van der Waals surface area contributed by atoms with Gasteiger partial charge in [0.05, 0.1) is 5.02 Å². The number of piperidine rings is 1. The summed E-state index contributed by atoms with van der Waals surface area (Å²) in [6.07, 6.45) is 6.31. The zero-order valence-corrected chi connectivity index (χ0v) is 11.0. The summed E-state index contributed by atoms with van der Waals surface area (Å²) >= 11 is 5.71. The molecule has 0 bridgehead atoms. The van der Waals surface area contributed by atoms with E-state index in [1.807, 2.05) is 0 Å². The molecule has 5 heteroatoms. The van der Waals surface area contributed by atoms with E-state index >= 15 is 0 Å². The third-order valence-corrected chi connectivity index (χ3v) is 4.19. The fourth-order valence-corrected chi connectivity index (χ4v) is 3.26. The maximum absolute atomic E-state index is 13.7. The zero-order chi connectivity index (χ0) is 12.5. The van der Waals surface area contributed by atoms with Gasteiger partial charge in [-0.2, -0.15) is 0 Å². The average molecular weight is 270 g/mol. The van der Waals surface area contributed by atoms with Crippen LogP contribution in [0, 0.1) is 5.82 Å². The summed E-state index contributed by atoms with van der Waals surface area (Å²) < 4.78 is 13.7. The Morgan fingerprint density at radius 2 is 2.22 bits per heavy atom. The van der Waals surface area contributed by atoms with Crippen molar-refractivity contribution in [2.45, 2.75) is 37.8 Å². The fourth-order valence-electron chi connectivity index (χ4n) is 3.11. The lowest BCUT2D eigenvalue weighted by Crippen LogP contribution is -2.41. The number of hydrogen-bond donors (Lipinski definition) is 1. The molecule has 18 heavy (non-hydrogen) atoms. The van der Waals surface area contributed by atoms with Crippen LogP contribution in [-0.2, 0) is 0 Å². The van der Waals surface area contributed by atoms with Crippen LogP contribution in [0.25, 0.3) is 0 Å². The molecule has 2 unspecified atom stereocenters. The largest absolute Gasteiger partial charge is 0.363 e. The Bertz CT molecular complexity index is 440. The Morgan fingerprint density at radius 1 is 1.33 bits per heavy atom. The lowest BCUT2D eigenvalue weighted by Gasteiger charge is -2.32. The standard InChI is InChI=1S/C13H17ClFN3/c14-9-7-10(15)13(16-8-9)17-11-4-6-18-5-2-1-3-12(11)18/h7-8,11-12H,1-6H2,(H,16,17). The lowest BCUT2D eigenvalue weighted by atomic mass is 9.99. The summed E-state index contributed by atoms with van der Waals surface area (Å²) in [6.45, 7) is 2.29. The quantitative estimate of drug-likeness (QED) is 0.895. The van der Waals surface area contributed by atoms with Crippen molar-refractivity contribution in [3.8, 4) is 0 Å². The Balaban J connectivity index is 1.72. The first-order valence-electron chi connectivity index (χ1n) is 6.55. The van der Waals surface area contributed by atoms with Crippen LogP contribution in [0.5, 0.6) is 0 Å². The molecule has 0 radical (unpaired) electrons. The molecule has 2 saturated heterocycles. The van der Waals surface area contributed by atoms with Gasteiger partial charge >= 0.3 is 0 Å². The maximum Gasteiger partial charge on any atom is 0.166 e. The summed E-state index contributed by atoms with van der Waals surface area (Å²) in [5.41, 5.74) is 0. The molecular weight excluding hydrogens is 253 g/mol. The van der Waals surface area contributed by atoms with Crippen LogP contribution in [0.4, 0.5) is 10.2 Å². The third-order valence-electron chi connectivity index (χ3n) is 3.99. The van der Waals surface area contributed by atoms with E-state index in [1.54, 1.807) is 0 Å². The second-order valence-corrected chi connectivity index (χ2v) is 5.56. The molecule has 0 aromatic carbocycles. The van der Waals surface area contributed by atoms with E-state index in [0.717, 1.165) is 13.0 Å². The molecule has 3 nitrogen and oxygen atoms in total. The van der Waals surface area contributed by atoms with Crippen molar-refractivity contribution in [1.82, 2.24) is 9.88 Å². The van der Waals surface area contributed by atoms with Crippen LogP contribution in [0.1, 0.15) is 25.7 Å². The molecule has 0 amide bonds. The summed E-state index contributed by atoms with van der Waals surface area (Å²) in [6, 6.07) is 2.16. The molecule has 2 fully saturated rings. The molecule has 2 aliphatic heterocycles. The van der Waals surface area contributed by atoms with E-state index < -0.39 is 0 Å². The van der Waals surface area contributed by atoms with Gasteiger partial charge in [-0.3, -0.25) is 4.90 Å². The number of rotatable bonds is 2. The van der Waals surface area contributed by atoms with E-state index in [4.69, 9.17) is 11.6 Å². The molecule has 1 N–H and O–H groups in total. The number of hydrogen-bond acceptors (Lipinski definition) is 3. The molecule has 0 spiro atoms. The minimum Gasteiger partial charge on any atom is -0.363 e. The highest BCUT2D eigenvalue weighted by molar-refractivity contribution is 6.30. The monoisotopic (exact) mass is 269 g/mol. The van der Waals surface area contributed by atoms with Crippen molar-refractivity contribution in [2.24, 2.45) is 0 Å². The molecule has 3 heterocycles. The number of nitrogens with zero attached hydrogens (tertiary/aromatic N) is 2. The minimum atomic E-state index is -0.364. The SMILES string of the molecule is Fc1cc(Cl)cnc1NC1CCN2CCCCC12.